The Morgan fingerprint density at radius 3 is 2.45 bits per heavy atom. The van der Waals surface area contributed by atoms with Crippen molar-refractivity contribution >= 4 is 16.4 Å². The van der Waals surface area contributed by atoms with E-state index in [-0.39, 0.29) is 6.61 Å². The van der Waals surface area contributed by atoms with Crippen molar-refractivity contribution in [2.45, 2.75) is 32.4 Å². The van der Waals surface area contributed by atoms with Crippen LogP contribution in [0.5, 0.6) is 0 Å². The summed E-state index contributed by atoms with van der Waals surface area (Å²) in [6, 6.07) is 8.14. The van der Waals surface area contributed by atoms with Gasteiger partial charge in [-0.05, 0) is 26.3 Å². The molecule has 7 heteroatoms. The molecule has 0 bridgehead atoms. The van der Waals surface area contributed by atoms with Crippen LogP contribution >= 0.6 is 0 Å². The van der Waals surface area contributed by atoms with Crippen LogP contribution < -0.4 is 0 Å². The Balaban J connectivity index is 2.32. The molecular weight excluding hydrogens is 282 g/mol. The van der Waals surface area contributed by atoms with Crippen LogP contribution in [0.1, 0.15) is 32.4 Å². The van der Waals surface area contributed by atoms with Gasteiger partial charge in [0.25, 0.3) is 0 Å². The summed E-state index contributed by atoms with van der Waals surface area (Å²) in [5, 5.41) is 0. The molecule has 0 saturated carbocycles. The quantitative estimate of drug-likeness (QED) is 0.795. The van der Waals surface area contributed by atoms with Crippen molar-refractivity contribution in [2.75, 3.05) is 6.61 Å². The summed E-state index contributed by atoms with van der Waals surface area (Å²) in [7, 11) is -4.10. The van der Waals surface area contributed by atoms with Crippen molar-refractivity contribution in [1.82, 2.24) is 4.31 Å². The van der Waals surface area contributed by atoms with E-state index in [4.69, 9.17) is 8.92 Å². The van der Waals surface area contributed by atoms with Crippen LogP contribution in [0.4, 0.5) is 4.79 Å². The zero-order chi connectivity index (χ0) is 15.0. The van der Waals surface area contributed by atoms with Crippen molar-refractivity contribution in [1.29, 1.82) is 0 Å². The summed E-state index contributed by atoms with van der Waals surface area (Å²) >= 11 is 0. The second-order valence-electron chi connectivity index (χ2n) is 5.44. The highest BCUT2D eigenvalue weighted by molar-refractivity contribution is 7.85. The van der Waals surface area contributed by atoms with Crippen molar-refractivity contribution in [3.8, 4) is 0 Å². The highest BCUT2D eigenvalue weighted by Gasteiger charge is 2.45. The first-order chi connectivity index (χ1) is 9.21. The fraction of sp³-hybridized carbons (Fsp3) is 0.462. The lowest BCUT2D eigenvalue weighted by atomic mass is 10.1. The maximum absolute atomic E-state index is 12.1. The van der Waals surface area contributed by atoms with Crippen LogP contribution in [0.2, 0.25) is 0 Å². The third-order valence-corrected chi connectivity index (χ3v) is 3.98. The number of carbonyl (C=O) groups is 1. The molecule has 1 aromatic carbocycles. The van der Waals surface area contributed by atoms with E-state index < -0.39 is 28.0 Å². The van der Waals surface area contributed by atoms with Crippen LogP contribution in [-0.2, 0) is 19.2 Å². The predicted octanol–water partition coefficient (Wildman–Crippen LogP) is 2.24. The number of hydrogen-bond acceptors (Lipinski definition) is 5. The number of hydrogen-bond donors (Lipinski definition) is 0. The number of amides is 1. The standard InChI is InChI=1S/C13H17NO5S/c1-13(2,3)19-12(15)14-11(9-18-20(14,16)17)10-7-5-4-6-8-10/h4-8,11H,9H2,1-3H3. The van der Waals surface area contributed by atoms with Gasteiger partial charge in [-0.25, -0.2) is 4.79 Å². The molecule has 6 nitrogen and oxygen atoms in total. The van der Waals surface area contributed by atoms with Crippen molar-refractivity contribution < 1.29 is 22.1 Å². The molecule has 0 aromatic heterocycles. The van der Waals surface area contributed by atoms with Crippen molar-refractivity contribution in [2.24, 2.45) is 0 Å². The maximum atomic E-state index is 12.1. The topological polar surface area (TPSA) is 72.9 Å². The Kier molecular flexibility index (Phi) is 3.75. The Bertz CT molecular complexity index is 591. The van der Waals surface area contributed by atoms with Crippen molar-refractivity contribution in [3.05, 3.63) is 35.9 Å². The van der Waals surface area contributed by atoms with Gasteiger partial charge in [0.05, 0.1) is 6.61 Å². The molecule has 1 saturated heterocycles. The first-order valence-corrected chi connectivity index (χ1v) is 7.54. The molecule has 1 fully saturated rings. The minimum atomic E-state index is -4.10. The van der Waals surface area contributed by atoms with Crippen LogP contribution in [0, 0.1) is 0 Å². The van der Waals surface area contributed by atoms with Crippen LogP contribution in [0.3, 0.4) is 0 Å². The summed E-state index contributed by atoms with van der Waals surface area (Å²) < 4.78 is 34.3. The van der Waals surface area contributed by atoms with Gasteiger partial charge in [-0.1, -0.05) is 30.3 Å². The first kappa shape index (κ1) is 14.8. The largest absolute Gasteiger partial charge is 0.443 e. The second kappa shape index (κ2) is 5.06. The SMILES string of the molecule is CC(C)(C)OC(=O)N1C(c2ccccc2)COS1(=O)=O. The van der Waals surface area contributed by atoms with Crippen LogP contribution in [0.25, 0.3) is 0 Å². The molecule has 1 aliphatic rings. The summed E-state index contributed by atoms with van der Waals surface area (Å²) in [6.07, 6.45) is -0.927. The van der Waals surface area contributed by atoms with Gasteiger partial charge in [0.2, 0.25) is 0 Å². The third kappa shape index (κ3) is 3.10. The van der Waals surface area contributed by atoms with E-state index in [1.807, 2.05) is 6.07 Å². The number of rotatable bonds is 1. The molecule has 0 radical (unpaired) electrons. The molecule has 1 atom stereocenters. The lowest BCUT2D eigenvalue weighted by Crippen LogP contribution is -2.39. The minimum Gasteiger partial charge on any atom is -0.443 e. The summed E-state index contributed by atoms with van der Waals surface area (Å²) in [5.74, 6) is 0. The van der Waals surface area contributed by atoms with Gasteiger partial charge in [0, 0.05) is 0 Å². The van der Waals surface area contributed by atoms with Gasteiger partial charge >= 0.3 is 16.4 Å². The van der Waals surface area contributed by atoms with E-state index in [9.17, 15) is 13.2 Å². The zero-order valence-electron chi connectivity index (χ0n) is 11.6. The number of carbonyl (C=O) groups excluding carboxylic acids is 1. The number of ether oxygens (including phenoxy) is 1. The van der Waals surface area contributed by atoms with E-state index in [2.05, 4.69) is 0 Å². The predicted molar refractivity (Wildman–Crippen MR) is 72.1 cm³/mol. The highest BCUT2D eigenvalue weighted by atomic mass is 32.2. The Hall–Kier alpha value is -1.60. The lowest BCUT2D eigenvalue weighted by Gasteiger charge is -2.26. The fourth-order valence-electron chi connectivity index (χ4n) is 1.86. The van der Waals surface area contributed by atoms with E-state index in [1.165, 1.54) is 0 Å². The average Bonchev–Trinajstić information content (AvgIpc) is 2.64. The second-order valence-corrected chi connectivity index (χ2v) is 6.93. The molecule has 0 aliphatic carbocycles. The lowest BCUT2D eigenvalue weighted by molar-refractivity contribution is 0.0356. The number of nitrogens with zero attached hydrogens (tertiary/aromatic N) is 1. The first-order valence-electron chi connectivity index (χ1n) is 6.17. The molecule has 1 heterocycles. The van der Waals surface area contributed by atoms with Gasteiger partial charge in [0.15, 0.2) is 0 Å². The maximum Gasteiger partial charge on any atom is 0.426 e. The highest BCUT2D eigenvalue weighted by Crippen LogP contribution is 2.32. The molecule has 1 amide bonds. The molecule has 2 rings (SSSR count). The van der Waals surface area contributed by atoms with E-state index >= 15 is 0 Å². The molecule has 20 heavy (non-hydrogen) atoms. The normalized spacial score (nSPS) is 21.8. The van der Waals surface area contributed by atoms with Gasteiger partial charge in [0.1, 0.15) is 11.6 Å². The minimum absolute atomic E-state index is 0.106. The van der Waals surface area contributed by atoms with E-state index in [1.54, 1.807) is 45.0 Å². The van der Waals surface area contributed by atoms with Gasteiger partial charge in [-0.15, -0.1) is 0 Å². The number of benzene rings is 1. The van der Waals surface area contributed by atoms with E-state index in [0.29, 0.717) is 9.87 Å². The molecule has 1 aromatic rings. The molecule has 1 unspecified atom stereocenters. The summed E-state index contributed by atoms with van der Waals surface area (Å²) in [6.45, 7) is 4.91. The summed E-state index contributed by atoms with van der Waals surface area (Å²) in [5.41, 5.74) is -0.101. The van der Waals surface area contributed by atoms with Crippen LogP contribution in [0.15, 0.2) is 30.3 Å². The molecule has 0 N–H and O–H groups in total. The molecule has 0 spiro atoms. The van der Waals surface area contributed by atoms with Gasteiger partial charge in [-0.2, -0.15) is 12.7 Å². The molecule has 1 aliphatic heterocycles. The molecule has 110 valence electrons. The van der Waals surface area contributed by atoms with Gasteiger partial charge in [-0.3, -0.25) is 4.18 Å². The Labute approximate surface area is 118 Å². The summed E-state index contributed by atoms with van der Waals surface area (Å²) in [4.78, 5) is 12.1. The average molecular weight is 299 g/mol. The fourth-order valence-corrected chi connectivity index (χ4v) is 2.99. The Morgan fingerprint density at radius 1 is 1.30 bits per heavy atom. The van der Waals surface area contributed by atoms with Crippen LogP contribution in [-0.4, -0.2) is 31.0 Å². The zero-order valence-corrected chi connectivity index (χ0v) is 12.4. The smallest absolute Gasteiger partial charge is 0.426 e. The monoisotopic (exact) mass is 299 g/mol. The Morgan fingerprint density at radius 2 is 1.90 bits per heavy atom. The van der Waals surface area contributed by atoms with Crippen molar-refractivity contribution in [3.63, 3.8) is 0 Å². The van der Waals surface area contributed by atoms with Gasteiger partial charge < -0.3 is 4.74 Å². The third-order valence-electron chi connectivity index (χ3n) is 2.66. The van der Waals surface area contributed by atoms with E-state index in [0.717, 1.165) is 0 Å². The molecular formula is C13H17NO5S.